The molecule has 0 radical (unpaired) electrons. The molecule has 0 aliphatic heterocycles. The van der Waals surface area contributed by atoms with Gasteiger partial charge in [0.2, 0.25) is 0 Å². The van der Waals surface area contributed by atoms with Gasteiger partial charge in [0.1, 0.15) is 0 Å². The molecule has 0 saturated heterocycles. The van der Waals surface area contributed by atoms with Crippen molar-refractivity contribution in [3.8, 4) is 0 Å². The van der Waals surface area contributed by atoms with Gasteiger partial charge in [-0.15, -0.1) is 0 Å². The quantitative estimate of drug-likeness (QED) is 0.390. The van der Waals surface area contributed by atoms with E-state index < -0.39 is 0 Å². The molecule has 4 rings (SSSR count). The van der Waals surface area contributed by atoms with Gasteiger partial charge in [-0.1, -0.05) is 32.6 Å². The summed E-state index contributed by atoms with van der Waals surface area (Å²) in [5.41, 5.74) is 4.85. The van der Waals surface area contributed by atoms with Crippen molar-refractivity contribution in [3.05, 3.63) is 59.2 Å². The standard InChI is InChI=1S/C13H17.C5H5.2ClH.H2Si.Zr/c1-8-5-11(12-6-9(12)2)7-13(8)10-3-4-10;1-2-4-5-3-1;;;;/h5,7,9-10,12H,3-4,6H2,1-2H3;1-5H;2*1H;1H2;/q2*-1;;;;+2/p-2. The van der Waals surface area contributed by atoms with Crippen molar-refractivity contribution in [2.45, 2.75) is 44.9 Å². The molecule has 0 bridgehead atoms. The molecule has 2 unspecified atom stereocenters. The average molecular weight is 431 g/mol. The molecule has 0 heterocycles. The van der Waals surface area contributed by atoms with E-state index in [0.29, 0.717) is 0 Å². The molecule has 0 spiro atoms. The van der Waals surface area contributed by atoms with Crippen molar-refractivity contribution < 1.29 is 48.1 Å². The smallest absolute Gasteiger partial charge is 0.172 e. The van der Waals surface area contributed by atoms with E-state index in [9.17, 15) is 0 Å². The maximum atomic E-state index is 2.49. The van der Waals surface area contributed by atoms with Crippen LogP contribution in [-0.2, 0) is 23.3 Å². The van der Waals surface area contributed by atoms with E-state index in [1.807, 2.05) is 37.2 Å². The Bertz CT molecular complexity index is 500. The van der Waals surface area contributed by atoms with Gasteiger partial charge in [-0.2, -0.15) is 41.0 Å². The summed E-state index contributed by atoms with van der Waals surface area (Å²) in [6.45, 7) is 6.60. The van der Waals surface area contributed by atoms with Crippen LogP contribution in [0.15, 0.2) is 42.5 Å². The van der Waals surface area contributed by atoms with Gasteiger partial charge in [-0.3, -0.25) is 0 Å². The van der Waals surface area contributed by atoms with Crippen LogP contribution < -0.4 is 24.8 Å². The Morgan fingerprint density at radius 2 is 1.68 bits per heavy atom. The first-order valence-corrected chi connectivity index (χ1v) is 13.5. The fourth-order valence-corrected chi connectivity index (χ4v) is 2.82. The largest absolute Gasteiger partial charge is 0.214 e. The average Bonchev–Trinajstić information content (AvgIpc) is 3.32. The molecule has 0 N–H and O–H groups in total. The molecule has 2 aliphatic carbocycles. The monoisotopic (exact) mass is 428 g/mol. The first-order valence-electron chi connectivity index (χ1n) is 7.55. The predicted octanol–water partition coefficient (Wildman–Crippen LogP) is -1.79. The van der Waals surface area contributed by atoms with Crippen LogP contribution in [0.25, 0.3) is 0 Å². The summed E-state index contributed by atoms with van der Waals surface area (Å²) in [4.78, 5) is 0. The molecule has 2 atom stereocenters. The molecule has 4 heteroatoms. The third-order valence-corrected chi connectivity index (χ3v) is 4.27. The Morgan fingerprint density at radius 1 is 1.14 bits per heavy atom. The third kappa shape index (κ3) is 6.48. The normalized spacial score (nSPS) is 21.1. The summed E-state index contributed by atoms with van der Waals surface area (Å²) in [5.74, 6) is 2.79. The van der Waals surface area contributed by atoms with Crippen LogP contribution in [0.1, 0.15) is 54.7 Å². The molecule has 2 aromatic rings. The number of aryl methyl sites for hydroxylation is 1. The molecule has 120 valence electrons. The van der Waals surface area contributed by atoms with Crippen LogP contribution in [-0.4, -0.2) is 6.88 Å². The van der Waals surface area contributed by atoms with Gasteiger partial charge < -0.3 is 24.8 Å². The SMILES string of the molecule is Cc1[cH-]c(C2CC2C)cc1C1CC1.[Cl-].[Cl-].[SiH2]=[Zr+2].c1cc[cH-]c1. The van der Waals surface area contributed by atoms with Gasteiger partial charge in [-0.25, -0.2) is 18.2 Å². The van der Waals surface area contributed by atoms with E-state index in [2.05, 4.69) is 26.0 Å². The van der Waals surface area contributed by atoms with Crippen LogP contribution in [0.3, 0.4) is 0 Å². The van der Waals surface area contributed by atoms with Gasteiger partial charge in [0.15, 0.2) is 0 Å². The summed E-state index contributed by atoms with van der Waals surface area (Å²) in [5, 5.41) is 0. The van der Waals surface area contributed by atoms with E-state index in [4.69, 9.17) is 0 Å². The van der Waals surface area contributed by atoms with E-state index in [-0.39, 0.29) is 24.8 Å². The summed E-state index contributed by atoms with van der Waals surface area (Å²) in [6.07, 6.45) is 4.29. The Kier molecular flexibility index (Phi) is 11.2. The Hall–Kier alpha value is 0.380. The van der Waals surface area contributed by atoms with Crippen LogP contribution in [0.2, 0.25) is 0 Å². The molecule has 2 aromatic carbocycles. The maximum Gasteiger partial charge on any atom is -0.172 e. The summed E-state index contributed by atoms with van der Waals surface area (Å²) in [7, 11) is 0. The predicted molar refractivity (Wildman–Crippen MR) is 85.8 cm³/mol. The first-order chi connectivity index (χ1) is 9.75. The number of halogens is 2. The van der Waals surface area contributed by atoms with Crippen molar-refractivity contribution in [1.29, 1.82) is 0 Å². The third-order valence-electron chi connectivity index (χ3n) is 4.27. The second-order valence-electron chi connectivity index (χ2n) is 5.98. The summed E-state index contributed by atoms with van der Waals surface area (Å²) >= 11 is 1.58. The zero-order chi connectivity index (χ0) is 14.5. The number of hydrogen-bond acceptors (Lipinski definition) is 0. The number of hydrogen-bond donors (Lipinski definition) is 0. The first kappa shape index (κ1) is 22.4. The summed E-state index contributed by atoms with van der Waals surface area (Å²) < 4.78 is 0. The fourth-order valence-electron chi connectivity index (χ4n) is 2.82. The van der Waals surface area contributed by atoms with Crippen LogP contribution in [0.5, 0.6) is 0 Å². The maximum absolute atomic E-state index is 2.49. The van der Waals surface area contributed by atoms with E-state index >= 15 is 0 Å². The molecule has 0 amide bonds. The van der Waals surface area contributed by atoms with Gasteiger partial charge in [0, 0.05) is 0 Å². The van der Waals surface area contributed by atoms with Gasteiger partial charge in [0.25, 0.3) is 0 Å². The van der Waals surface area contributed by atoms with Gasteiger partial charge in [-0.05, 0) is 18.3 Å². The fraction of sp³-hybridized carbons (Fsp3) is 0.444. The van der Waals surface area contributed by atoms with Crippen molar-refractivity contribution in [1.82, 2.24) is 0 Å². The van der Waals surface area contributed by atoms with Crippen molar-refractivity contribution in [2.24, 2.45) is 5.92 Å². The molecule has 22 heavy (non-hydrogen) atoms. The van der Waals surface area contributed by atoms with E-state index in [1.165, 1.54) is 19.3 Å². The molecular weight excluding hydrogens is 406 g/mol. The summed E-state index contributed by atoms with van der Waals surface area (Å²) in [6, 6.07) is 14.9. The van der Waals surface area contributed by atoms with Gasteiger partial charge in [0.05, 0.1) is 0 Å². The minimum atomic E-state index is 0. The molecule has 2 aliphatic rings. The van der Waals surface area contributed by atoms with Crippen molar-refractivity contribution >= 4 is 6.88 Å². The molecule has 2 saturated carbocycles. The zero-order valence-corrected chi connectivity index (χ0v) is 18.7. The minimum Gasteiger partial charge on any atom is -0.214 e. The van der Waals surface area contributed by atoms with E-state index in [0.717, 1.165) is 17.8 Å². The Balaban J connectivity index is 0.000000422. The minimum absolute atomic E-state index is 0. The Labute approximate surface area is 164 Å². The molecule has 0 aromatic heterocycles. The van der Waals surface area contributed by atoms with Crippen LogP contribution in [0.4, 0.5) is 0 Å². The topological polar surface area (TPSA) is 0 Å². The van der Waals surface area contributed by atoms with Gasteiger partial charge >= 0.3 is 30.2 Å². The second-order valence-corrected chi connectivity index (χ2v) is 5.98. The second kappa shape index (κ2) is 11.0. The van der Waals surface area contributed by atoms with E-state index in [1.54, 1.807) is 40.0 Å². The molecule has 0 nitrogen and oxygen atoms in total. The zero-order valence-electron chi connectivity index (χ0n) is 13.4. The number of rotatable bonds is 2. The van der Waals surface area contributed by atoms with Crippen LogP contribution in [0, 0.1) is 12.8 Å². The Morgan fingerprint density at radius 3 is 2.05 bits per heavy atom. The molecular formula is C18H24Cl2SiZr-2. The van der Waals surface area contributed by atoms with Crippen molar-refractivity contribution in [2.75, 3.05) is 0 Å². The van der Waals surface area contributed by atoms with Crippen LogP contribution >= 0.6 is 0 Å². The molecule has 2 fully saturated rings. The van der Waals surface area contributed by atoms with Crippen molar-refractivity contribution in [3.63, 3.8) is 0 Å².